The van der Waals surface area contributed by atoms with Gasteiger partial charge in [-0.3, -0.25) is 0 Å². The Morgan fingerprint density at radius 2 is 1.88 bits per heavy atom. The summed E-state index contributed by atoms with van der Waals surface area (Å²) in [7, 11) is 0. The molecule has 4 nitrogen and oxygen atoms in total. The lowest BCUT2D eigenvalue weighted by atomic mass is 10.0. The van der Waals surface area contributed by atoms with Crippen molar-refractivity contribution in [1.82, 2.24) is 10.2 Å². The Morgan fingerprint density at radius 3 is 2.62 bits per heavy atom. The summed E-state index contributed by atoms with van der Waals surface area (Å²) in [5.41, 5.74) is 2.95. The molecule has 0 saturated carbocycles. The lowest BCUT2D eigenvalue weighted by molar-refractivity contribution is 0.191. The molecule has 3 aromatic rings. The average molecular weight is 343 g/mol. The van der Waals surface area contributed by atoms with Crippen LogP contribution in [0.2, 0.25) is 0 Å². The van der Waals surface area contributed by atoms with Crippen molar-refractivity contribution in [2.75, 3.05) is 11.9 Å². The quantitative estimate of drug-likeness (QED) is 0.716. The molecule has 0 bridgehead atoms. The van der Waals surface area contributed by atoms with Crippen molar-refractivity contribution in [3.63, 3.8) is 0 Å². The SMILES string of the molecule is Cc1ccccc1C(O)CNc1nnc(Cc2ccc(F)cc2)s1. The van der Waals surface area contributed by atoms with Gasteiger partial charge < -0.3 is 10.4 Å². The van der Waals surface area contributed by atoms with E-state index in [1.165, 1.54) is 23.5 Å². The number of hydrogen-bond acceptors (Lipinski definition) is 5. The van der Waals surface area contributed by atoms with Crippen molar-refractivity contribution in [2.24, 2.45) is 0 Å². The summed E-state index contributed by atoms with van der Waals surface area (Å²) in [5.74, 6) is -0.247. The van der Waals surface area contributed by atoms with E-state index in [-0.39, 0.29) is 5.82 Å². The molecule has 0 fully saturated rings. The van der Waals surface area contributed by atoms with Crippen LogP contribution in [0.5, 0.6) is 0 Å². The molecule has 0 spiro atoms. The lowest BCUT2D eigenvalue weighted by Gasteiger charge is -2.13. The van der Waals surface area contributed by atoms with Gasteiger partial charge >= 0.3 is 0 Å². The molecule has 124 valence electrons. The van der Waals surface area contributed by atoms with Crippen LogP contribution in [-0.4, -0.2) is 21.8 Å². The van der Waals surface area contributed by atoms with Gasteiger partial charge in [0.05, 0.1) is 6.10 Å². The molecule has 0 saturated heterocycles. The summed E-state index contributed by atoms with van der Waals surface area (Å²) in [6.45, 7) is 2.35. The number of aromatic nitrogens is 2. The zero-order chi connectivity index (χ0) is 16.9. The number of anilines is 1. The highest BCUT2D eigenvalue weighted by molar-refractivity contribution is 7.15. The highest BCUT2D eigenvalue weighted by atomic mass is 32.1. The third-order valence-corrected chi connectivity index (χ3v) is 4.61. The summed E-state index contributed by atoms with van der Waals surface area (Å²) in [6, 6.07) is 14.1. The highest BCUT2D eigenvalue weighted by Crippen LogP contribution is 2.21. The van der Waals surface area contributed by atoms with Gasteiger partial charge in [0.15, 0.2) is 0 Å². The van der Waals surface area contributed by atoms with E-state index in [1.807, 2.05) is 31.2 Å². The van der Waals surface area contributed by atoms with E-state index in [1.54, 1.807) is 12.1 Å². The van der Waals surface area contributed by atoms with E-state index in [0.717, 1.165) is 21.7 Å². The predicted octanol–water partition coefficient (Wildman–Crippen LogP) is 3.72. The lowest BCUT2D eigenvalue weighted by Crippen LogP contribution is -2.13. The van der Waals surface area contributed by atoms with E-state index in [0.29, 0.717) is 18.1 Å². The maximum absolute atomic E-state index is 12.9. The van der Waals surface area contributed by atoms with Crippen molar-refractivity contribution in [3.05, 3.63) is 76.0 Å². The Labute approximate surface area is 144 Å². The van der Waals surface area contributed by atoms with Crippen molar-refractivity contribution >= 4 is 16.5 Å². The molecule has 3 rings (SSSR count). The topological polar surface area (TPSA) is 58.0 Å². The van der Waals surface area contributed by atoms with Crippen LogP contribution < -0.4 is 5.32 Å². The van der Waals surface area contributed by atoms with Gasteiger partial charge in [0.1, 0.15) is 10.8 Å². The largest absolute Gasteiger partial charge is 0.387 e. The van der Waals surface area contributed by atoms with Gasteiger partial charge in [-0.1, -0.05) is 47.7 Å². The van der Waals surface area contributed by atoms with Gasteiger partial charge in [0, 0.05) is 13.0 Å². The monoisotopic (exact) mass is 343 g/mol. The first-order valence-corrected chi connectivity index (χ1v) is 8.48. The van der Waals surface area contributed by atoms with E-state index in [2.05, 4.69) is 15.5 Å². The van der Waals surface area contributed by atoms with Gasteiger partial charge in [-0.2, -0.15) is 0 Å². The molecule has 0 aliphatic carbocycles. The van der Waals surface area contributed by atoms with Crippen molar-refractivity contribution in [3.8, 4) is 0 Å². The zero-order valence-corrected chi connectivity index (χ0v) is 14.1. The Kier molecular flexibility index (Phi) is 5.17. The number of aliphatic hydroxyl groups excluding tert-OH is 1. The number of rotatable bonds is 6. The second kappa shape index (κ2) is 7.51. The van der Waals surface area contributed by atoms with Gasteiger partial charge in [0.25, 0.3) is 0 Å². The van der Waals surface area contributed by atoms with Crippen LogP contribution in [-0.2, 0) is 6.42 Å². The molecule has 0 aliphatic heterocycles. The minimum Gasteiger partial charge on any atom is -0.387 e. The molecular weight excluding hydrogens is 325 g/mol. The van der Waals surface area contributed by atoms with Crippen molar-refractivity contribution in [2.45, 2.75) is 19.4 Å². The van der Waals surface area contributed by atoms with Crippen LogP contribution in [0.15, 0.2) is 48.5 Å². The second-order valence-electron chi connectivity index (χ2n) is 5.56. The Balaban J connectivity index is 1.58. The van der Waals surface area contributed by atoms with Crippen molar-refractivity contribution in [1.29, 1.82) is 0 Å². The van der Waals surface area contributed by atoms with Crippen LogP contribution >= 0.6 is 11.3 Å². The number of halogens is 1. The fourth-order valence-electron chi connectivity index (χ4n) is 2.43. The summed E-state index contributed by atoms with van der Waals surface area (Å²) in [6.07, 6.45) is 0.00983. The normalized spacial score (nSPS) is 12.1. The fraction of sp³-hybridized carbons (Fsp3) is 0.222. The zero-order valence-electron chi connectivity index (χ0n) is 13.2. The molecule has 1 aromatic heterocycles. The number of aliphatic hydroxyl groups is 1. The Morgan fingerprint density at radius 1 is 1.12 bits per heavy atom. The van der Waals surface area contributed by atoms with E-state index < -0.39 is 6.10 Å². The summed E-state index contributed by atoms with van der Waals surface area (Å²) in [4.78, 5) is 0. The molecule has 0 amide bonds. The van der Waals surface area contributed by atoms with Gasteiger partial charge in [-0.15, -0.1) is 10.2 Å². The van der Waals surface area contributed by atoms with Crippen LogP contribution in [0, 0.1) is 12.7 Å². The van der Waals surface area contributed by atoms with E-state index in [9.17, 15) is 9.50 Å². The first-order chi connectivity index (χ1) is 11.6. The minimum absolute atomic E-state index is 0.247. The molecule has 0 aliphatic rings. The van der Waals surface area contributed by atoms with E-state index in [4.69, 9.17) is 0 Å². The molecule has 24 heavy (non-hydrogen) atoms. The number of hydrogen-bond donors (Lipinski definition) is 2. The minimum atomic E-state index is -0.601. The van der Waals surface area contributed by atoms with Crippen LogP contribution in [0.4, 0.5) is 9.52 Å². The standard InChI is InChI=1S/C18H18FN3OS/c1-12-4-2-3-5-15(12)16(23)11-20-18-22-21-17(24-18)10-13-6-8-14(19)9-7-13/h2-9,16,23H,10-11H2,1H3,(H,20,22). The molecule has 1 unspecified atom stereocenters. The number of aryl methyl sites for hydroxylation is 1. The van der Waals surface area contributed by atoms with Crippen LogP contribution in [0.25, 0.3) is 0 Å². The third kappa shape index (κ3) is 4.15. The maximum atomic E-state index is 12.9. The number of nitrogens with zero attached hydrogens (tertiary/aromatic N) is 2. The molecule has 2 aromatic carbocycles. The number of nitrogens with one attached hydrogen (secondary N) is 1. The summed E-state index contributed by atoms with van der Waals surface area (Å²) in [5, 5.41) is 23.1. The smallest absolute Gasteiger partial charge is 0.205 e. The predicted molar refractivity (Wildman–Crippen MR) is 93.7 cm³/mol. The van der Waals surface area contributed by atoms with Gasteiger partial charge in [-0.05, 0) is 35.7 Å². The molecule has 0 radical (unpaired) electrons. The molecule has 1 heterocycles. The van der Waals surface area contributed by atoms with E-state index >= 15 is 0 Å². The average Bonchev–Trinajstić information content (AvgIpc) is 3.03. The summed E-state index contributed by atoms with van der Waals surface area (Å²) < 4.78 is 12.9. The first kappa shape index (κ1) is 16.5. The molecular formula is C18H18FN3OS. The fourth-order valence-corrected chi connectivity index (χ4v) is 3.21. The van der Waals surface area contributed by atoms with Crippen molar-refractivity contribution < 1.29 is 9.50 Å². The highest BCUT2D eigenvalue weighted by Gasteiger charge is 2.11. The Bertz CT molecular complexity index is 804. The maximum Gasteiger partial charge on any atom is 0.205 e. The molecule has 6 heteroatoms. The van der Waals surface area contributed by atoms with Gasteiger partial charge in [-0.25, -0.2) is 4.39 Å². The van der Waals surface area contributed by atoms with Crippen LogP contribution in [0.1, 0.15) is 27.8 Å². The second-order valence-corrected chi connectivity index (χ2v) is 6.62. The molecule has 2 N–H and O–H groups in total. The third-order valence-electron chi connectivity index (χ3n) is 3.73. The van der Waals surface area contributed by atoms with Gasteiger partial charge in [0.2, 0.25) is 5.13 Å². The molecule has 1 atom stereocenters. The number of benzene rings is 2. The first-order valence-electron chi connectivity index (χ1n) is 7.66. The Hall–Kier alpha value is -2.31. The van der Waals surface area contributed by atoms with Crippen LogP contribution in [0.3, 0.4) is 0 Å². The summed E-state index contributed by atoms with van der Waals surface area (Å²) >= 11 is 1.44.